The Labute approximate surface area is 159 Å². The van der Waals surface area contributed by atoms with Crippen molar-refractivity contribution >= 4 is 11.6 Å². The van der Waals surface area contributed by atoms with Gasteiger partial charge in [0.05, 0.1) is 11.7 Å². The maximum absolute atomic E-state index is 13.4. The van der Waals surface area contributed by atoms with Gasteiger partial charge in [-0.2, -0.15) is 18.3 Å². The van der Waals surface area contributed by atoms with Crippen LogP contribution in [0.3, 0.4) is 0 Å². The molecule has 0 bridgehead atoms. The molecule has 4 heterocycles. The molecule has 1 amide bonds. The monoisotopic (exact) mass is 389 g/mol. The summed E-state index contributed by atoms with van der Waals surface area (Å²) in [7, 11) is 0. The van der Waals surface area contributed by atoms with Crippen LogP contribution in [0.4, 0.5) is 13.2 Å². The molecule has 0 radical (unpaired) electrons. The number of piperidine rings is 1. The van der Waals surface area contributed by atoms with Gasteiger partial charge in [0.1, 0.15) is 5.69 Å². The highest BCUT2D eigenvalue weighted by Gasteiger charge is 2.36. The Balaban J connectivity index is 1.76. The molecule has 146 valence electrons. The summed E-state index contributed by atoms with van der Waals surface area (Å²) in [4.78, 5) is 22.7. The molecular formula is C19H18F3N5O. The van der Waals surface area contributed by atoms with E-state index in [2.05, 4.69) is 15.1 Å². The Morgan fingerprint density at radius 2 is 1.93 bits per heavy atom. The normalized spacial score (nSPS) is 17.9. The zero-order valence-electron chi connectivity index (χ0n) is 15.1. The van der Waals surface area contributed by atoms with Gasteiger partial charge in [-0.15, -0.1) is 0 Å². The quantitative estimate of drug-likeness (QED) is 0.669. The predicted octanol–water partition coefficient (Wildman–Crippen LogP) is 3.82. The smallest absolute Gasteiger partial charge is 0.330 e. The highest BCUT2D eigenvalue weighted by atomic mass is 19.4. The van der Waals surface area contributed by atoms with Crippen LogP contribution in [0, 0.1) is 6.92 Å². The maximum atomic E-state index is 13.4. The van der Waals surface area contributed by atoms with Crippen LogP contribution in [-0.4, -0.2) is 36.9 Å². The van der Waals surface area contributed by atoms with Gasteiger partial charge in [0.2, 0.25) is 0 Å². The van der Waals surface area contributed by atoms with Gasteiger partial charge in [-0.3, -0.25) is 9.78 Å². The van der Waals surface area contributed by atoms with E-state index < -0.39 is 17.9 Å². The van der Waals surface area contributed by atoms with E-state index in [-0.39, 0.29) is 17.2 Å². The van der Waals surface area contributed by atoms with Crippen molar-refractivity contribution in [3.8, 4) is 0 Å². The molecule has 1 saturated heterocycles. The van der Waals surface area contributed by atoms with Gasteiger partial charge in [-0.05, 0) is 44.4 Å². The van der Waals surface area contributed by atoms with Crippen molar-refractivity contribution in [1.29, 1.82) is 0 Å². The van der Waals surface area contributed by atoms with Gasteiger partial charge in [-0.25, -0.2) is 9.50 Å². The number of likely N-dealkylation sites (tertiary alicyclic amines) is 1. The SMILES string of the molecule is Cc1cc(C(F)(F)F)n2nc([C@@H]3CCCCN3C(=O)c3ccncc3)cc2n1. The lowest BCUT2D eigenvalue weighted by atomic mass is 9.98. The lowest BCUT2D eigenvalue weighted by Gasteiger charge is -2.34. The summed E-state index contributed by atoms with van der Waals surface area (Å²) < 4.78 is 41.1. The number of aromatic nitrogens is 4. The molecule has 1 aliphatic rings. The van der Waals surface area contributed by atoms with Crippen LogP contribution in [0.15, 0.2) is 36.7 Å². The minimum Gasteiger partial charge on any atom is -0.330 e. The van der Waals surface area contributed by atoms with Gasteiger partial charge in [0.25, 0.3) is 5.91 Å². The number of pyridine rings is 1. The van der Waals surface area contributed by atoms with E-state index in [1.165, 1.54) is 6.92 Å². The fraction of sp³-hybridized carbons (Fsp3) is 0.368. The number of halogens is 3. The third-order valence-corrected chi connectivity index (χ3v) is 4.90. The first-order valence-electron chi connectivity index (χ1n) is 9.00. The summed E-state index contributed by atoms with van der Waals surface area (Å²) in [6, 6.07) is 5.39. The van der Waals surface area contributed by atoms with Crippen molar-refractivity contribution in [3.63, 3.8) is 0 Å². The average Bonchev–Trinajstić information content (AvgIpc) is 3.10. The van der Waals surface area contributed by atoms with Crippen LogP contribution in [-0.2, 0) is 6.18 Å². The molecule has 4 rings (SSSR count). The minimum absolute atomic E-state index is 0.129. The molecule has 6 nitrogen and oxygen atoms in total. The standard InChI is InChI=1S/C19H18F3N5O/c1-12-10-16(19(20,21)22)27-17(24-12)11-14(25-27)15-4-2-3-9-26(15)18(28)13-5-7-23-8-6-13/h5-8,10-11,15H,2-4,9H2,1H3/t15-/m0/s1. The molecule has 1 aliphatic heterocycles. The third-order valence-electron chi connectivity index (χ3n) is 4.90. The van der Waals surface area contributed by atoms with Crippen molar-refractivity contribution in [2.45, 2.75) is 38.4 Å². The van der Waals surface area contributed by atoms with Crippen LogP contribution >= 0.6 is 0 Å². The van der Waals surface area contributed by atoms with Crippen molar-refractivity contribution in [2.24, 2.45) is 0 Å². The lowest BCUT2D eigenvalue weighted by Crippen LogP contribution is -2.38. The van der Waals surface area contributed by atoms with Gasteiger partial charge in [0, 0.05) is 36.3 Å². The highest BCUT2D eigenvalue weighted by Crippen LogP contribution is 2.34. The number of amides is 1. The summed E-state index contributed by atoms with van der Waals surface area (Å²) in [5, 5.41) is 4.20. The first kappa shape index (κ1) is 18.4. The lowest BCUT2D eigenvalue weighted by molar-refractivity contribution is -0.142. The summed E-state index contributed by atoms with van der Waals surface area (Å²) >= 11 is 0. The fourth-order valence-corrected chi connectivity index (χ4v) is 3.63. The van der Waals surface area contributed by atoms with Crippen LogP contribution in [0.1, 0.15) is 52.7 Å². The summed E-state index contributed by atoms with van der Waals surface area (Å²) in [5.74, 6) is -0.177. The highest BCUT2D eigenvalue weighted by molar-refractivity contribution is 5.94. The van der Waals surface area contributed by atoms with Crippen molar-refractivity contribution in [1.82, 2.24) is 24.5 Å². The second-order valence-corrected chi connectivity index (χ2v) is 6.87. The average molecular weight is 389 g/mol. The van der Waals surface area contributed by atoms with Gasteiger partial charge in [0.15, 0.2) is 5.65 Å². The number of fused-ring (bicyclic) bond motifs is 1. The number of carbonyl (C=O) groups is 1. The van der Waals surface area contributed by atoms with Gasteiger partial charge >= 0.3 is 6.18 Å². The molecule has 0 unspecified atom stereocenters. The van der Waals surface area contributed by atoms with E-state index in [1.807, 2.05) is 0 Å². The van der Waals surface area contributed by atoms with Crippen molar-refractivity contribution < 1.29 is 18.0 Å². The Bertz CT molecular complexity index is 1020. The van der Waals surface area contributed by atoms with Gasteiger partial charge < -0.3 is 4.90 Å². The third kappa shape index (κ3) is 3.32. The number of carbonyl (C=O) groups excluding carboxylic acids is 1. The van der Waals surface area contributed by atoms with Crippen LogP contribution in [0.25, 0.3) is 5.65 Å². The Kier molecular flexibility index (Phi) is 4.52. The number of aryl methyl sites for hydroxylation is 1. The molecule has 28 heavy (non-hydrogen) atoms. The predicted molar refractivity (Wildman–Crippen MR) is 94.6 cm³/mol. The van der Waals surface area contributed by atoms with Crippen molar-refractivity contribution in [2.75, 3.05) is 6.54 Å². The van der Waals surface area contributed by atoms with E-state index in [9.17, 15) is 18.0 Å². The number of alkyl halides is 3. The molecule has 1 fully saturated rings. The van der Waals surface area contributed by atoms with Crippen molar-refractivity contribution in [3.05, 3.63) is 59.3 Å². The summed E-state index contributed by atoms with van der Waals surface area (Å²) in [6.45, 7) is 2.04. The van der Waals surface area contributed by atoms with E-state index >= 15 is 0 Å². The topological polar surface area (TPSA) is 63.4 Å². The Morgan fingerprint density at radius 1 is 1.18 bits per heavy atom. The van der Waals surface area contributed by atoms with Crippen LogP contribution < -0.4 is 0 Å². The van der Waals surface area contributed by atoms with Crippen LogP contribution in [0.2, 0.25) is 0 Å². The Hall–Kier alpha value is -2.97. The van der Waals surface area contributed by atoms with E-state index in [0.717, 1.165) is 23.4 Å². The molecule has 3 aromatic heterocycles. The first-order chi connectivity index (χ1) is 13.3. The molecule has 9 heteroatoms. The number of hydrogen-bond acceptors (Lipinski definition) is 4. The number of rotatable bonds is 2. The summed E-state index contributed by atoms with van der Waals surface area (Å²) in [5.41, 5.74) is 0.439. The zero-order valence-corrected chi connectivity index (χ0v) is 15.1. The molecule has 0 aromatic carbocycles. The molecule has 3 aromatic rings. The zero-order chi connectivity index (χ0) is 19.9. The van der Waals surface area contributed by atoms with Crippen LogP contribution in [0.5, 0.6) is 0 Å². The molecule has 0 N–H and O–H groups in total. The fourth-order valence-electron chi connectivity index (χ4n) is 3.63. The molecule has 0 saturated carbocycles. The summed E-state index contributed by atoms with van der Waals surface area (Å²) in [6.07, 6.45) is 0.886. The van der Waals surface area contributed by atoms with Gasteiger partial charge in [-0.1, -0.05) is 0 Å². The molecule has 1 atom stereocenters. The number of nitrogens with zero attached hydrogens (tertiary/aromatic N) is 5. The largest absolute Gasteiger partial charge is 0.433 e. The number of hydrogen-bond donors (Lipinski definition) is 0. The molecular weight excluding hydrogens is 371 g/mol. The second-order valence-electron chi connectivity index (χ2n) is 6.87. The minimum atomic E-state index is -4.55. The molecule has 0 aliphatic carbocycles. The van der Waals surface area contributed by atoms with E-state index in [0.29, 0.717) is 24.2 Å². The van der Waals surface area contributed by atoms with E-state index in [1.54, 1.807) is 35.5 Å². The maximum Gasteiger partial charge on any atom is 0.433 e. The first-order valence-corrected chi connectivity index (χ1v) is 9.00. The molecule has 0 spiro atoms. The Morgan fingerprint density at radius 3 is 2.64 bits per heavy atom. The second kappa shape index (κ2) is 6.88. The van der Waals surface area contributed by atoms with E-state index in [4.69, 9.17) is 0 Å².